The van der Waals surface area contributed by atoms with Crippen molar-refractivity contribution < 1.29 is 37.5 Å². The van der Waals surface area contributed by atoms with E-state index in [1.54, 1.807) is 6.92 Å². The molecule has 12 heteroatoms. The van der Waals surface area contributed by atoms with Gasteiger partial charge < -0.3 is 19.5 Å². The highest BCUT2D eigenvalue weighted by atomic mass is 19.4. The van der Waals surface area contributed by atoms with Crippen LogP contribution in [0.15, 0.2) is 18.2 Å². The van der Waals surface area contributed by atoms with Crippen molar-refractivity contribution in [1.29, 1.82) is 0 Å². The molecule has 0 bridgehead atoms. The minimum Gasteiger partial charge on any atom is -0.461 e. The van der Waals surface area contributed by atoms with E-state index >= 15 is 0 Å². The minimum atomic E-state index is -5.00. The highest BCUT2D eigenvalue weighted by Crippen LogP contribution is 2.33. The molecule has 1 aromatic carbocycles. The summed E-state index contributed by atoms with van der Waals surface area (Å²) >= 11 is 0. The summed E-state index contributed by atoms with van der Waals surface area (Å²) < 4.78 is 46.3. The summed E-state index contributed by atoms with van der Waals surface area (Å²) in [6.07, 6.45) is -5.00. The Labute approximate surface area is 133 Å². The lowest BCUT2D eigenvalue weighted by Crippen LogP contribution is -2.30. The molecule has 1 aromatic heterocycles. The van der Waals surface area contributed by atoms with Crippen molar-refractivity contribution in [2.75, 3.05) is 6.61 Å². The van der Waals surface area contributed by atoms with Gasteiger partial charge in [0.1, 0.15) is 11.4 Å². The standard InChI is InChI=1S/C12H11BF3N3O5/c1-2-23-11(20)10-9(17-19-18-10)7-5-6(13(21)22)3-4-8(7)24-12(14,15)16/h3-5,21-22H,2H2,1H3,(H,17,18,19). The molecular formula is C12H11BF3N3O5. The second-order valence-corrected chi connectivity index (χ2v) is 4.42. The van der Waals surface area contributed by atoms with Crippen molar-refractivity contribution in [1.82, 2.24) is 15.4 Å². The molecule has 0 saturated heterocycles. The van der Waals surface area contributed by atoms with Gasteiger partial charge in [-0.2, -0.15) is 10.3 Å². The first kappa shape index (κ1) is 17.8. The molecule has 3 N–H and O–H groups in total. The number of halogens is 3. The summed E-state index contributed by atoms with van der Waals surface area (Å²) in [5, 5.41) is 27.7. The normalized spacial score (nSPS) is 11.2. The van der Waals surface area contributed by atoms with Gasteiger partial charge in [0.2, 0.25) is 0 Å². The van der Waals surface area contributed by atoms with Crippen LogP contribution in [0.1, 0.15) is 17.4 Å². The van der Waals surface area contributed by atoms with Gasteiger partial charge in [0.05, 0.1) is 6.61 Å². The third-order valence-electron chi connectivity index (χ3n) is 2.80. The molecule has 2 rings (SSSR count). The van der Waals surface area contributed by atoms with E-state index in [1.807, 2.05) is 0 Å². The summed E-state index contributed by atoms with van der Waals surface area (Å²) in [4.78, 5) is 11.8. The Kier molecular flexibility index (Phi) is 5.09. The Morgan fingerprint density at radius 1 is 1.33 bits per heavy atom. The summed E-state index contributed by atoms with van der Waals surface area (Å²) in [6.45, 7) is 1.56. The zero-order chi connectivity index (χ0) is 17.9. The van der Waals surface area contributed by atoms with Crippen LogP contribution >= 0.6 is 0 Å². The van der Waals surface area contributed by atoms with E-state index in [-0.39, 0.29) is 29.0 Å². The van der Waals surface area contributed by atoms with Crippen molar-refractivity contribution in [2.24, 2.45) is 0 Å². The van der Waals surface area contributed by atoms with Crippen molar-refractivity contribution >= 4 is 18.6 Å². The minimum absolute atomic E-state index is 0.0203. The number of carbonyl (C=O) groups excluding carboxylic acids is 1. The molecule has 2 aromatic rings. The predicted molar refractivity (Wildman–Crippen MR) is 74.3 cm³/mol. The van der Waals surface area contributed by atoms with Crippen LogP contribution in [0.2, 0.25) is 0 Å². The zero-order valence-electron chi connectivity index (χ0n) is 12.2. The van der Waals surface area contributed by atoms with E-state index in [2.05, 4.69) is 20.1 Å². The molecule has 0 spiro atoms. The number of hydrogen-bond donors (Lipinski definition) is 3. The average Bonchev–Trinajstić information content (AvgIpc) is 2.95. The molecule has 0 fully saturated rings. The Hall–Kier alpha value is -2.60. The largest absolute Gasteiger partial charge is 0.573 e. The molecule has 0 unspecified atom stereocenters. The molecule has 0 atom stereocenters. The van der Waals surface area contributed by atoms with E-state index in [0.29, 0.717) is 0 Å². The number of nitrogens with one attached hydrogen (secondary N) is 1. The zero-order valence-corrected chi connectivity index (χ0v) is 12.2. The average molecular weight is 345 g/mol. The van der Waals surface area contributed by atoms with Gasteiger partial charge in [-0.15, -0.1) is 18.3 Å². The first-order chi connectivity index (χ1) is 11.2. The number of aromatic amines is 1. The van der Waals surface area contributed by atoms with E-state index in [4.69, 9.17) is 4.74 Å². The van der Waals surface area contributed by atoms with Crippen LogP contribution in [0.25, 0.3) is 11.3 Å². The van der Waals surface area contributed by atoms with E-state index in [9.17, 15) is 28.0 Å². The molecule has 1 heterocycles. The van der Waals surface area contributed by atoms with Gasteiger partial charge in [-0.25, -0.2) is 4.79 Å². The van der Waals surface area contributed by atoms with Crippen molar-refractivity contribution in [3.8, 4) is 17.0 Å². The molecule has 128 valence electrons. The Bertz CT molecular complexity index is 735. The van der Waals surface area contributed by atoms with Gasteiger partial charge >= 0.3 is 19.5 Å². The van der Waals surface area contributed by atoms with E-state index in [0.717, 1.165) is 18.2 Å². The van der Waals surface area contributed by atoms with Crippen LogP contribution in [-0.2, 0) is 4.74 Å². The summed E-state index contributed by atoms with van der Waals surface area (Å²) in [6, 6.07) is 2.90. The lowest BCUT2D eigenvalue weighted by molar-refractivity contribution is -0.274. The molecule has 8 nitrogen and oxygen atoms in total. The summed E-state index contributed by atoms with van der Waals surface area (Å²) in [5.74, 6) is -1.60. The van der Waals surface area contributed by atoms with Crippen LogP contribution in [0.5, 0.6) is 5.75 Å². The molecule has 0 saturated carbocycles. The second kappa shape index (κ2) is 6.89. The van der Waals surface area contributed by atoms with E-state index < -0.39 is 25.2 Å². The first-order valence-corrected chi connectivity index (χ1v) is 6.57. The highest BCUT2D eigenvalue weighted by Gasteiger charge is 2.34. The number of alkyl halides is 3. The maximum Gasteiger partial charge on any atom is 0.573 e. The van der Waals surface area contributed by atoms with Gasteiger partial charge in [-0.05, 0) is 24.5 Å². The fourth-order valence-corrected chi connectivity index (χ4v) is 1.87. The van der Waals surface area contributed by atoms with Gasteiger partial charge in [-0.1, -0.05) is 6.07 Å². The molecule has 0 aliphatic heterocycles. The van der Waals surface area contributed by atoms with Crippen LogP contribution in [0, 0.1) is 0 Å². The van der Waals surface area contributed by atoms with Gasteiger partial charge in [0, 0.05) is 5.56 Å². The summed E-state index contributed by atoms with van der Waals surface area (Å²) in [5.41, 5.74) is -1.09. The van der Waals surface area contributed by atoms with Crippen LogP contribution in [-0.4, -0.2) is 51.5 Å². The number of carbonyl (C=O) groups is 1. The van der Waals surface area contributed by atoms with Gasteiger partial charge in [0.15, 0.2) is 5.69 Å². The number of rotatable bonds is 5. The fourth-order valence-electron chi connectivity index (χ4n) is 1.87. The maximum absolute atomic E-state index is 12.5. The number of hydrogen-bond acceptors (Lipinski definition) is 7. The van der Waals surface area contributed by atoms with Gasteiger partial charge in [0.25, 0.3) is 0 Å². The van der Waals surface area contributed by atoms with Crippen LogP contribution < -0.4 is 10.2 Å². The molecule has 0 aliphatic carbocycles. The number of nitrogens with zero attached hydrogens (tertiary/aromatic N) is 2. The molecule has 0 amide bonds. The Balaban J connectivity index is 2.57. The second-order valence-electron chi connectivity index (χ2n) is 4.42. The third-order valence-corrected chi connectivity index (χ3v) is 2.80. The number of aromatic nitrogens is 3. The smallest absolute Gasteiger partial charge is 0.461 e. The Morgan fingerprint density at radius 3 is 2.62 bits per heavy atom. The molecule has 0 radical (unpaired) electrons. The lowest BCUT2D eigenvalue weighted by Gasteiger charge is -2.13. The number of esters is 1. The lowest BCUT2D eigenvalue weighted by atomic mass is 9.79. The SMILES string of the molecule is CCOC(=O)c1n[nH]nc1-c1cc(B(O)O)ccc1OC(F)(F)F. The quantitative estimate of drug-likeness (QED) is 0.524. The predicted octanol–water partition coefficient (Wildman–Crippen LogP) is 0.227. The van der Waals surface area contributed by atoms with Crippen molar-refractivity contribution in [2.45, 2.75) is 13.3 Å². The topological polar surface area (TPSA) is 118 Å². The Morgan fingerprint density at radius 2 is 2.04 bits per heavy atom. The van der Waals surface area contributed by atoms with Crippen molar-refractivity contribution in [3.63, 3.8) is 0 Å². The number of benzene rings is 1. The highest BCUT2D eigenvalue weighted by molar-refractivity contribution is 6.58. The van der Waals surface area contributed by atoms with Crippen LogP contribution in [0.4, 0.5) is 13.2 Å². The first-order valence-electron chi connectivity index (χ1n) is 6.57. The molecule has 0 aliphatic rings. The maximum atomic E-state index is 12.5. The fraction of sp³-hybridized carbons (Fsp3) is 0.250. The molecule has 24 heavy (non-hydrogen) atoms. The van der Waals surface area contributed by atoms with Crippen molar-refractivity contribution in [3.05, 3.63) is 23.9 Å². The van der Waals surface area contributed by atoms with E-state index in [1.165, 1.54) is 0 Å². The monoisotopic (exact) mass is 345 g/mol. The third kappa shape index (κ3) is 4.03. The summed E-state index contributed by atoms with van der Waals surface area (Å²) in [7, 11) is -1.94. The number of ether oxygens (including phenoxy) is 2. The van der Waals surface area contributed by atoms with Gasteiger partial charge in [-0.3, -0.25) is 0 Å². The number of H-pyrrole nitrogens is 1. The molecular weight excluding hydrogens is 334 g/mol. The van der Waals surface area contributed by atoms with Crippen LogP contribution in [0.3, 0.4) is 0 Å².